The Morgan fingerprint density at radius 3 is 2.88 bits per heavy atom. The number of likely N-dealkylation sites (tertiary alicyclic amines) is 1. The van der Waals surface area contributed by atoms with Crippen LogP contribution in [0.2, 0.25) is 0 Å². The van der Waals surface area contributed by atoms with Gasteiger partial charge in [-0.05, 0) is 53.3 Å². The SMILES string of the molecule is Cc1cc(CC2CCN(C(=O)Cn3cnnn3)C2)ccc1F.O=CO. The fourth-order valence-electron chi connectivity index (χ4n) is 2.88. The van der Waals surface area contributed by atoms with Crippen LogP contribution < -0.4 is 0 Å². The quantitative estimate of drug-likeness (QED) is 0.824. The number of rotatable bonds is 4. The van der Waals surface area contributed by atoms with Crippen LogP contribution in [0.25, 0.3) is 0 Å². The topological polar surface area (TPSA) is 101 Å². The van der Waals surface area contributed by atoms with E-state index in [1.807, 2.05) is 17.0 Å². The number of halogens is 1. The minimum Gasteiger partial charge on any atom is -0.483 e. The van der Waals surface area contributed by atoms with Gasteiger partial charge in [0.2, 0.25) is 5.91 Å². The Balaban J connectivity index is 0.000000701. The number of benzene rings is 1. The predicted molar refractivity (Wildman–Crippen MR) is 86.0 cm³/mol. The number of tetrazole rings is 1. The molecule has 1 aromatic heterocycles. The Labute approximate surface area is 144 Å². The molecule has 1 atom stereocenters. The van der Waals surface area contributed by atoms with Gasteiger partial charge in [-0.15, -0.1) is 5.10 Å². The molecule has 1 aromatic carbocycles. The summed E-state index contributed by atoms with van der Waals surface area (Å²) in [7, 11) is 0. The lowest BCUT2D eigenvalue weighted by Gasteiger charge is -2.16. The maximum Gasteiger partial charge on any atom is 0.290 e. The Morgan fingerprint density at radius 1 is 1.48 bits per heavy atom. The van der Waals surface area contributed by atoms with E-state index in [4.69, 9.17) is 9.90 Å². The van der Waals surface area contributed by atoms with E-state index in [0.717, 1.165) is 31.5 Å². The predicted octanol–water partition coefficient (Wildman–Crippen LogP) is 0.913. The molecule has 0 bridgehead atoms. The third-order valence-electron chi connectivity index (χ3n) is 4.07. The molecule has 0 saturated carbocycles. The third-order valence-corrected chi connectivity index (χ3v) is 4.07. The average molecular weight is 349 g/mol. The van der Waals surface area contributed by atoms with Gasteiger partial charge in [0, 0.05) is 13.1 Å². The number of carbonyl (C=O) groups is 2. The Bertz CT molecular complexity index is 708. The van der Waals surface area contributed by atoms with E-state index in [1.165, 1.54) is 17.1 Å². The Kier molecular flexibility index (Phi) is 6.55. The molecule has 1 saturated heterocycles. The molecule has 8 nitrogen and oxygen atoms in total. The molecule has 25 heavy (non-hydrogen) atoms. The molecule has 1 unspecified atom stereocenters. The molecule has 1 aliphatic rings. The largest absolute Gasteiger partial charge is 0.483 e. The molecule has 1 fully saturated rings. The number of hydrogen-bond donors (Lipinski definition) is 1. The standard InChI is InChI=1S/C15H18FN5O.CH2O2/c1-11-6-12(2-3-14(11)16)7-13-4-5-20(8-13)15(22)9-21-10-17-18-19-21;2-1-3/h2-3,6,10,13H,4-5,7-9H2,1H3;1H,(H,2,3). The monoisotopic (exact) mass is 349 g/mol. The van der Waals surface area contributed by atoms with Crippen LogP contribution in [0.5, 0.6) is 0 Å². The average Bonchev–Trinajstić information content (AvgIpc) is 3.23. The van der Waals surface area contributed by atoms with E-state index in [0.29, 0.717) is 11.5 Å². The van der Waals surface area contributed by atoms with Gasteiger partial charge in [0.1, 0.15) is 18.7 Å². The lowest BCUT2D eigenvalue weighted by atomic mass is 9.97. The van der Waals surface area contributed by atoms with Gasteiger partial charge in [0.25, 0.3) is 6.47 Å². The van der Waals surface area contributed by atoms with Crippen LogP contribution in [0.4, 0.5) is 4.39 Å². The zero-order valence-electron chi connectivity index (χ0n) is 13.9. The fourth-order valence-corrected chi connectivity index (χ4v) is 2.88. The number of nitrogens with zero attached hydrogens (tertiary/aromatic N) is 5. The second-order valence-electron chi connectivity index (χ2n) is 5.89. The molecule has 0 spiro atoms. The molecule has 2 heterocycles. The van der Waals surface area contributed by atoms with Crippen LogP contribution in [-0.2, 0) is 22.6 Å². The minimum atomic E-state index is -0.250. The molecule has 9 heteroatoms. The lowest BCUT2D eigenvalue weighted by Crippen LogP contribution is -2.32. The Hall–Kier alpha value is -2.84. The van der Waals surface area contributed by atoms with Crippen molar-refractivity contribution < 1.29 is 19.1 Å². The fraction of sp³-hybridized carbons (Fsp3) is 0.438. The summed E-state index contributed by atoms with van der Waals surface area (Å²) in [5.74, 6) is 0.279. The Morgan fingerprint density at radius 2 is 2.24 bits per heavy atom. The molecule has 1 aliphatic heterocycles. The summed E-state index contributed by atoms with van der Waals surface area (Å²) in [6.07, 6.45) is 3.28. The second-order valence-corrected chi connectivity index (χ2v) is 5.89. The van der Waals surface area contributed by atoms with Crippen molar-refractivity contribution in [3.63, 3.8) is 0 Å². The van der Waals surface area contributed by atoms with Crippen LogP contribution in [0.1, 0.15) is 17.5 Å². The molecule has 1 N–H and O–H groups in total. The molecule has 3 rings (SSSR count). The van der Waals surface area contributed by atoms with Crippen molar-refractivity contribution in [3.05, 3.63) is 41.5 Å². The highest BCUT2D eigenvalue weighted by Gasteiger charge is 2.26. The van der Waals surface area contributed by atoms with Crippen molar-refractivity contribution in [3.8, 4) is 0 Å². The second kappa shape index (κ2) is 8.86. The van der Waals surface area contributed by atoms with E-state index >= 15 is 0 Å². The number of carbonyl (C=O) groups excluding carboxylic acids is 1. The van der Waals surface area contributed by atoms with E-state index in [-0.39, 0.29) is 24.7 Å². The van der Waals surface area contributed by atoms with Gasteiger partial charge in [-0.1, -0.05) is 12.1 Å². The van der Waals surface area contributed by atoms with E-state index < -0.39 is 0 Å². The minimum absolute atomic E-state index is 0.0325. The van der Waals surface area contributed by atoms with Gasteiger partial charge >= 0.3 is 0 Å². The van der Waals surface area contributed by atoms with Crippen molar-refractivity contribution in [1.29, 1.82) is 0 Å². The molecule has 0 aliphatic carbocycles. The van der Waals surface area contributed by atoms with Crippen LogP contribution in [-0.4, -0.2) is 55.7 Å². The molecule has 0 radical (unpaired) electrons. The molecular weight excluding hydrogens is 329 g/mol. The summed E-state index contributed by atoms with van der Waals surface area (Å²) in [6.45, 7) is 3.19. The van der Waals surface area contributed by atoms with Crippen LogP contribution >= 0.6 is 0 Å². The van der Waals surface area contributed by atoms with Gasteiger partial charge in [-0.3, -0.25) is 9.59 Å². The number of carboxylic acid groups (broad SMARTS) is 1. The molecular formula is C16H20FN5O3. The zero-order chi connectivity index (χ0) is 18.2. The smallest absolute Gasteiger partial charge is 0.290 e. The first-order chi connectivity index (χ1) is 12.0. The number of hydrogen-bond acceptors (Lipinski definition) is 5. The van der Waals surface area contributed by atoms with Crippen molar-refractivity contribution in [2.45, 2.75) is 26.3 Å². The normalized spacial score (nSPS) is 16.2. The highest BCUT2D eigenvalue weighted by atomic mass is 19.1. The summed E-state index contributed by atoms with van der Waals surface area (Å²) < 4.78 is 14.7. The van der Waals surface area contributed by atoms with Gasteiger partial charge in [0.15, 0.2) is 0 Å². The van der Waals surface area contributed by atoms with E-state index in [2.05, 4.69) is 15.5 Å². The molecule has 134 valence electrons. The van der Waals surface area contributed by atoms with Crippen molar-refractivity contribution in [2.24, 2.45) is 5.92 Å². The molecule has 1 amide bonds. The van der Waals surface area contributed by atoms with E-state index in [9.17, 15) is 9.18 Å². The first-order valence-corrected chi connectivity index (χ1v) is 7.85. The van der Waals surface area contributed by atoms with Gasteiger partial charge in [-0.25, -0.2) is 9.07 Å². The van der Waals surface area contributed by atoms with Gasteiger partial charge in [0.05, 0.1) is 0 Å². The van der Waals surface area contributed by atoms with Gasteiger partial charge < -0.3 is 10.0 Å². The highest BCUT2D eigenvalue weighted by molar-refractivity contribution is 5.76. The van der Waals surface area contributed by atoms with Crippen LogP contribution in [0.3, 0.4) is 0 Å². The summed E-state index contributed by atoms with van der Waals surface area (Å²) in [5.41, 5.74) is 1.79. The third kappa shape index (κ3) is 5.33. The zero-order valence-corrected chi connectivity index (χ0v) is 13.9. The lowest BCUT2D eigenvalue weighted by molar-refractivity contribution is -0.131. The number of aryl methyl sites for hydroxylation is 1. The molecule has 2 aromatic rings. The summed E-state index contributed by atoms with van der Waals surface area (Å²) in [5, 5.41) is 17.6. The van der Waals surface area contributed by atoms with Crippen LogP contribution in [0, 0.1) is 18.7 Å². The summed E-state index contributed by atoms with van der Waals surface area (Å²) >= 11 is 0. The highest BCUT2D eigenvalue weighted by Crippen LogP contribution is 2.22. The first-order valence-electron chi connectivity index (χ1n) is 7.85. The number of amides is 1. The first kappa shape index (κ1) is 18.5. The van der Waals surface area contributed by atoms with Crippen molar-refractivity contribution in [1.82, 2.24) is 25.1 Å². The van der Waals surface area contributed by atoms with Crippen molar-refractivity contribution >= 4 is 12.4 Å². The summed E-state index contributed by atoms with van der Waals surface area (Å²) in [6, 6.07) is 5.23. The number of aromatic nitrogens is 4. The van der Waals surface area contributed by atoms with Crippen LogP contribution in [0.15, 0.2) is 24.5 Å². The van der Waals surface area contributed by atoms with Gasteiger partial charge in [-0.2, -0.15) is 0 Å². The summed E-state index contributed by atoms with van der Waals surface area (Å²) in [4.78, 5) is 22.4. The van der Waals surface area contributed by atoms with E-state index in [1.54, 1.807) is 6.92 Å². The van der Waals surface area contributed by atoms with Crippen molar-refractivity contribution in [2.75, 3.05) is 13.1 Å². The maximum absolute atomic E-state index is 13.3. The maximum atomic E-state index is 13.3.